The maximum atomic E-state index is 11.1. The molecule has 3 rings (SSSR count). The Morgan fingerprint density at radius 1 is 0.955 bits per heavy atom. The zero-order chi connectivity index (χ0) is 15.5. The molecule has 2 heteroatoms. The molecule has 0 aliphatic heterocycles. The van der Waals surface area contributed by atoms with Gasteiger partial charge in [0.05, 0.1) is 0 Å². The van der Waals surface area contributed by atoms with Crippen LogP contribution in [0.25, 0.3) is 5.57 Å². The smallest absolute Gasteiger partial charge is 0.143 e. The van der Waals surface area contributed by atoms with Crippen LogP contribution in [0.15, 0.2) is 48.5 Å². The number of aldehydes is 1. The number of allylic oxidation sites excluding steroid dienone is 1. The van der Waals surface area contributed by atoms with Crippen molar-refractivity contribution in [2.45, 2.75) is 19.3 Å². The Morgan fingerprint density at radius 2 is 1.64 bits per heavy atom. The Balaban J connectivity index is 1.99. The van der Waals surface area contributed by atoms with Crippen molar-refractivity contribution in [2.75, 3.05) is 19.0 Å². The number of benzene rings is 2. The van der Waals surface area contributed by atoms with Crippen LogP contribution >= 0.6 is 0 Å². The molecule has 0 unspecified atom stereocenters. The van der Waals surface area contributed by atoms with Crippen LogP contribution in [0, 0.1) is 0 Å². The Labute approximate surface area is 132 Å². The second-order valence-corrected chi connectivity index (χ2v) is 5.99. The van der Waals surface area contributed by atoms with Gasteiger partial charge in [-0.25, -0.2) is 0 Å². The molecule has 0 spiro atoms. The van der Waals surface area contributed by atoms with E-state index in [2.05, 4.69) is 47.4 Å². The maximum Gasteiger partial charge on any atom is 0.143 e. The van der Waals surface area contributed by atoms with E-state index in [-0.39, 0.29) is 0 Å². The monoisotopic (exact) mass is 291 g/mol. The zero-order valence-electron chi connectivity index (χ0n) is 13.2. The summed E-state index contributed by atoms with van der Waals surface area (Å²) in [6.07, 6.45) is 6.11. The molecule has 22 heavy (non-hydrogen) atoms. The van der Waals surface area contributed by atoms with Gasteiger partial charge in [0.2, 0.25) is 0 Å². The molecule has 0 bridgehead atoms. The van der Waals surface area contributed by atoms with E-state index in [4.69, 9.17) is 0 Å². The highest BCUT2D eigenvalue weighted by molar-refractivity contribution is 5.90. The number of fused-ring (bicyclic) bond motifs is 1. The minimum absolute atomic E-state index is 0.877. The largest absolute Gasteiger partial charge is 0.378 e. The molecule has 0 heterocycles. The van der Waals surface area contributed by atoms with Crippen molar-refractivity contribution in [1.29, 1.82) is 0 Å². The second kappa shape index (κ2) is 6.18. The molecule has 0 fully saturated rings. The van der Waals surface area contributed by atoms with Crippen molar-refractivity contribution in [2.24, 2.45) is 0 Å². The fraction of sp³-hybridized carbons (Fsp3) is 0.250. The Bertz CT molecular complexity index is 711. The topological polar surface area (TPSA) is 20.3 Å². The Morgan fingerprint density at radius 3 is 2.32 bits per heavy atom. The number of carbonyl (C=O) groups is 1. The fourth-order valence-electron chi connectivity index (χ4n) is 3.11. The average Bonchev–Trinajstić information content (AvgIpc) is 3.00. The maximum absolute atomic E-state index is 11.1. The van der Waals surface area contributed by atoms with Gasteiger partial charge in [0.15, 0.2) is 0 Å². The molecule has 2 aromatic carbocycles. The van der Waals surface area contributed by atoms with Crippen LogP contribution in [0.2, 0.25) is 0 Å². The summed E-state index contributed by atoms with van der Waals surface area (Å²) in [4.78, 5) is 13.2. The summed E-state index contributed by atoms with van der Waals surface area (Å²) >= 11 is 0. The summed E-state index contributed by atoms with van der Waals surface area (Å²) in [6, 6.07) is 14.9. The standard InChI is InChI=1S/C20H21NO/c1-21(2)19-10-8-16(9-11-19)20(12-13-22)18-7-6-15-4-3-5-17(15)14-18/h6-14H,3-5H2,1-2H3. The van der Waals surface area contributed by atoms with Crippen LogP contribution in [0.3, 0.4) is 0 Å². The van der Waals surface area contributed by atoms with E-state index in [1.807, 2.05) is 14.1 Å². The van der Waals surface area contributed by atoms with Crippen LogP contribution in [-0.2, 0) is 17.6 Å². The van der Waals surface area contributed by atoms with Crippen LogP contribution in [0.4, 0.5) is 5.69 Å². The number of nitrogens with zero attached hydrogens (tertiary/aromatic N) is 1. The predicted molar refractivity (Wildman–Crippen MR) is 92.4 cm³/mol. The first-order chi connectivity index (χ1) is 10.7. The van der Waals surface area contributed by atoms with Gasteiger partial charge in [0.25, 0.3) is 0 Å². The fourth-order valence-corrected chi connectivity index (χ4v) is 3.11. The molecule has 1 aliphatic rings. The van der Waals surface area contributed by atoms with Crippen molar-refractivity contribution >= 4 is 17.5 Å². The number of hydrogen-bond donors (Lipinski definition) is 0. The van der Waals surface area contributed by atoms with Crippen molar-refractivity contribution < 1.29 is 4.79 Å². The molecule has 0 N–H and O–H groups in total. The summed E-state index contributed by atoms with van der Waals surface area (Å²) < 4.78 is 0. The lowest BCUT2D eigenvalue weighted by Gasteiger charge is -2.14. The number of hydrogen-bond acceptors (Lipinski definition) is 2. The summed E-state index contributed by atoms with van der Waals surface area (Å²) in [7, 11) is 4.05. The van der Waals surface area contributed by atoms with Crippen LogP contribution in [0.1, 0.15) is 28.7 Å². The van der Waals surface area contributed by atoms with Gasteiger partial charge in [-0.3, -0.25) is 4.79 Å². The third-order valence-corrected chi connectivity index (χ3v) is 4.34. The van der Waals surface area contributed by atoms with Crippen molar-refractivity contribution in [3.05, 3.63) is 70.8 Å². The first-order valence-electron chi connectivity index (χ1n) is 7.74. The van der Waals surface area contributed by atoms with Gasteiger partial charge in [-0.2, -0.15) is 0 Å². The highest BCUT2D eigenvalue weighted by Crippen LogP contribution is 2.29. The van der Waals surface area contributed by atoms with E-state index in [1.165, 1.54) is 24.0 Å². The first kappa shape index (κ1) is 14.6. The Kier molecular flexibility index (Phi) is 4.10. The molecule has 2 nitrogen and oxygen atoms in total. The minimum atomic E-state index is 0.877. The van der Waals surface area contributed by atoms with E-state index < -0.39 is 0 Å². The third-order valence-electron chi connectivity index (χ3n) is 4.34. The molecular weight excluding hydrogens is 270 g/mol. The van der Waals surface area contributed by atoms with Gasteiger partial charge in [-0.05, 0) is 65.3 Å². The molecule has 0 radical (unpaired) electrons. The van der Waals surface area contributed by atoms with Crippen LogP contribution < -0.4 is 4.90 Å². The molecule has 0 saturated carbocycles. The third kappa shape index (κ3) is 2.82. The Hall–Kier alpha value is -2.35. The lowest BCUT2D eigenvalue weighted by atomic mass is 9.95. The van der Waals surface area contributed by atoms with Gasteiger partial charge in [-0.1, -0.05) is 30.3 Å². The number of aryl methyl sites for hydroxylation is 2. The number of carbonyl (C=O) groups excluding carboxylic acids is 1. The lowest BCUT2D eigenvalue weighted by molar-refractivity contribution is -0.104. The van der Waals surface area contributed by atoms with E-state index in [1.54, 1.807) is 6.08 Å². The minimum Gasteiger partial charge on any atom is -0.378 e. The average molecular weight is 291 g/mol. The molecule has 0 saturated heterocycles. The highest BCUT2D eigenvalue weighted by Gasteiger charge is 2.13. The molecule has 0 amide bonds. The molecule has 0 atom stereocenters. The predicted octanol–water partition coefficient (Wildman–Crippen LogP) is 3.87. The number of rotatable bonds is 4. The summed E-state index contributed by atoms with van der Waals surface area (Å²) in [6.45, 7) is 0. The highest BCUT2D eigenvalue weighted by atomic mass is 16.1. The van der Waals surface area contributed by atoms with Gasteiger partial charge >= 0.3 is 0 Å². The van der Waals surface area contributed by atoms with E-state index in [0.29, 0.717) is 0 Å². The summed E-state index contributed by atoms with van der Waals surface area (Å²) in [5, 5.41) is 0. The van der Waals surface area contributed by atoms with Crippen molar-refractivity contribution in [3.63, 3.8) is 0 Å². The van der Waals surface area contributed by atoms with Crippen molar-refractivity contribution in [1.82, 2.24) is 0 Å². The lowest BCUT2D eigenvalue weighted by Crippen LogP contribution is -2.08. The van der Waals surface area contributed by atoms with Gasteiger partial charge in [0.1, 0.15) is 6.29 Å². The molecule has 0 aromatic heterocycles. The van der Waals surface area contributed by atoms with Gasteiger partial charge in [-0.15, -0.1) is 0 Å². The van der Waals surface area contributed by atoms with Crippen molar-refractivity contribution in [3.8, 4) is 0 Å². The second-order valence-electron chi connectivity index (χ2n) is 5.99. The van der Waals surface area contributed by atoms with E-state index in [9.17, 15) is 4.79 Å². The molecule has 1 aliphatic carbocycles. The first-order valence-corrected chi connectivity index (χ1v) is 7.74. The van der Waals surface area contributed by atoms with Gasteiger partial charge in [0, 0.05) is 19.8 Å². The van der Waals surface area contributed by atoms with E-state index >= 15 is 0 Å². The van der Waals surface area contributed by atoms with E-state index in [0.717, 1.165) is 35.1 Å². The quantitative estimate of drug-likeness (QED) is 0.629. The zero-order valence-corrected chi connectivity index (χ0v) is 13.2. The molecule has 112 valence electrons. The summed E-state index contributed by atoms with van der Waals surface area (Å²) in [5.74, 6) is 0. The number of anilines is 1. The molecular formula is C20H21NO. The summed E-state index contributed by atoms with van der Waals surface area (Å²) in [5.41, 5.74) is 7.25. The van der Waals surface area contributed by atoms with Crippen LogP contribution in [-0.4, -0.2) is 20.4 Å². The SMILES string of the molecule is CN(C)c1ccc(C(=CC=O)c2ccc3c(c2)CCC3)cc1. The van der Waals surface area contributed by atoms with Gasteiger partial charge < -0.3 is 4.90 Å². The normalized spacial score (nSPS) is 13.8. The molecule has 2 aromatic rings. The van der Waals surface area contributed by atoms with Crippen LogP contribution in [0.5, 0.6) is 0 Å².